The van der Waals surface area contributed by atoms with Gasteiger partial charge in [-0.2, -0.15) is 5.10 Å². The summed E-state index contributed by atoms with van der Waals surface area (Å²) in [6, 6.07) is 15.3. The van der Waals surface area contributed by atoms with E-state index in [1.807, 2.05) is 24.3 Å². The van der Waals surface area contributed by atoms with Gasteiger partial charge in [-0.25, -0.2) is 13.6 Å². The van der Waals surface area contributed by atoms with Gasteiger partial charge in [-0.3, -0.25) is 9.48 Å². The Morgan fingerprint density at radius 3 is 2.38 bits per heavy atom. The first-order valence-electron chi connectivity index (χ1n) is 8.71. The molecule has 4 rings (SSSR count). The molecular weight excluding hydrogens is 392 g/mol. The highest BCUT2D eigenvalue weighted by molar-refractivity contribution is 7.89. The zero-order chi connectivity index (χ0) is 20.6. The molecule has 2 heterocycles. The van der Waals surface area contributed by atoms with Crippen LogP contribution in [0.25, 0.3) is 22.2 Å². The van der Waals surface area contributed by atoms with E-state index in [-0.39, 0.29) is 10.5 Å². The number of hydrogen-bond donors (Lipinski definition) is 2. The fourth-order valence-corrected chi connectivity index (χ4v) is 3.68. The van der Waals surface area contributed by atoms with Gasteiger partial charge in [-0.1, -0.05) is 24.3 Å². The molecule has 0 unspecified atom stereocenters. The molecule has 3 N–H and O–H groups in total. The SMILES string of the molecule is COc1ccc(Cn2nc(-c3ccc(S(N)(=O)=O)cc3)c3c(=O)[nH]ccc32)cc1. The van der Waals surface area contributed by atoms with Crippen LogP contribution in [0.4, 0.5) is 0 Å². The Balaban J connectivity index is 1.81. The molecule has 9 heteroatoms. The van der Waals surface area contributed by atoms with Crippen LogP contribution >= 0.6 is 0 Å². The third-order valence-corrected chi connectivity index (χ3v) is 5.55. The lowest BCUT2D eigenvalue weighted by Crippen LogP contribution is -2.11. The van der Waals surface area contributed by atoms with Gasteiger partial charge in [0.05, 0.1) is 29.5 Å². The molecule has 0 saturated heterocycles. The number of pyridine rings is 1. The molecule has 0 spiro atoms. The second-order valence-electron chi connectivity index (χ2n) is 6.49. The monoisotopic (exact) mass is 410 g/mol. The smallest absolute Gasteiger partial charge is 0.259 e. The van der Waals surface area contributed by atoms with Gasteiger partial charge in [-0.05, 0) is 35.9 Å². The number of sulfonamides is 1. The van der Waals surface area contributed by atoms with E-state index in [2.05, 4.69) is 10.1 Å². The second-order valence-corrected chi connectivity index (χ2v) is 8.05. The number of rotatable bonds is 5. The van der Waals surface area contributed by atoms with Crippen molar-refractivity contribution < 1.29 is 13.2 Å². The molecule has 0 amide bonds. The average molecular weight is 410 g/mol. The Hall–Kier alpha value is -3.43. The van der Waals surface area contributed by atoms with Gasteiger partial charge in [0.2, 0.25) is 10.0 Å². The van der Waals surface area contributed by atoms with Crippen molar-refractivity contribution in [1.82, 2.24) is 14.8 Å². The molecular formula is C20H18N4O4S. The molecule has 4 aromatic rings. The lowest BCUT2D eigenvalue weighted by molar-refractivity contribution is 0.414. The van der Waals surface area contributed by atoms with Crippen LogP contribution in [0.3, 0.4) is 0 Å². The Labute approximate surface area is 166 Å². The number of nitrogens with two attached hydrogens (primary N) is 1. The highest BCUT2D eigenvalue weighted by atomic mass is 32.2. The van der Waals surface area contributed by atoms with E-state index < -0.39 is 10.0 Å². The number of ether oxygens (including phenoxy) is 1. The predicted octanol–water partition coefficient (Wildman–Crippen LogP) is 2.10. The normalized spacial score (nSPS) is 11.7. The summed E-state index contributed by atoms with van der Waals surface area (Å²) in [5.74, 6) is 0.756. The van der Waals surface area contributed by atoms with Crippen LogP contribution in [0.15, 0.2) is 70.5 Å². The number of H-pyrrole nitrogens is 1. The number of aromatic amines is 1. The van der Waals surface area contributed by atoms with Crippen molar-refractivity contribution in [3.8, 4) is 17.0 Å². The largest absolute Gasteiger partial charge is 0.497 e. The van der Waals surface area contributed by atoms with Gasteiger partial charge >= 0.3 is 0 Å². The van der Waals surface area contributed by atoms with Gasteiger partial charge in [0.1, 0.15) is 11.4 Å². The molecule has 2 aromatic carbocycles. The summed E-state index contributed by atoms with van der Waals surface area (Å²) in [7, 11) is -2.19. The summed E-state index contributed by atoms with van der Waals surface area (Å²) < 4.78 is 29.9. The Kier molecular flexibility index (Phi) is 4.69. The molecule has 0 saturated carbocycles. The summed E-state index contributed by atoms with van der Waals surface area (Å²) in [6.45, 7) is 0.458. The molecule has 0 aliphatic rings. The van der Waals surface area contributed by atoms with E-state index in [9.17, 15) is 13.2 Å². The standard InChI is InChI=1S/C20H18N4O4S/c1-28-15-6-2-13(3-7-15)12-24-17-10-11-22-20(25)18(17)19(23-24)14-4-8-16(9-5-14)29(21,26)27/h2-11H,12H2,1H3,(H,22,25)(H2,21,26,27). The zero-order valence-electron chi connectivity index (χ0n) is 15.5. The fraction of sp³-hybridized carbons (Fsp3) is 0.100. The predicted molar refractivity (Wildman–Crippen MR) is 109 cm³/mol. The summed E-state index contributed by atoms with van der Waals surface area (Å²) in [5.41, 5.74) is 2.49. The lowest BCUT2D eigenvalue weighted by atomic mass is 10.1. The number of hydrogen-bond acceptors (Lipinski definition) is 5. The van der Waals surface area contributed by atoms with Gasteiger partial charge in [-0.15, -0.1) is 0 Å². The van der Waals surface area contributed by atoms with Gasteiger partial charge < -0.3 is 9.72 Å². The van der Waals surface area contributed by atoms with E-state index in [4.69, 9.17) is 9.88 Å². The third kappa shape index (κ3) is 3.65. The fourth-order valence-electron chi connectivity index (χ4n) is 3.17. The van der Waals surface area contributed by atoms with Gasteiger partial charge in [0.15, 0.2) is 0 Å². The maximum Gasteiger partial charge on any atom is 0.259 e. The minimum Gasteiger partial charge on any atom is -0.497 e. The van der Waals surface area contributed by atoms with E-state index in [1.165, 1.54) is 12.1 Å². The molecule has 0 fully saturated rings. The van der Waals surface area contributed by atoms with Crippen LogP contribution in [0.1, 0.15) is 5.56 Å². The van der Waals surface area contributed by atoms with Crippen molar-refractivity contribution in [1.29, 1.82) is 0 Å². The molecule has 8 nitrogen and oxygen atoms in total. The van der Waals surface area contributed by atoms with Gasteiger partial charge in [0.25, 0.3) is 5.56 Å². The van der Waals surface area contributed by atoms with Crippen LogP contribution in [0, 0.1) is 0 Å². The molecule has 2 aromatic heterocycles. The highest BCUT2D eigenvalue weighted by Gasteiger charge is 2.17. The van der Waals surface area contributed by atoms with Crippen LogP contribution in [-0.2, 0) is 16.6 Å². The quantitative estimate of drug-likeness (QED) is 0.522. The maximum absolute atomic E-state index is 12.5. The summed E-state index contributed by atoms with van der Waals surface area (Å²) in [5, 5.41) is 10.2. The first kappa shape index (κ1) is 18.9. The maximum atomic E-state index is 12.5. The van der Waals surface area contributed by atoms with Crippen LogP contribution < -0.4 is 15.4 Å². The Bertz CT molecular complexity index is 1340. The van der Waals surface area contributed by atoms with E-state index >= 15 is 0 Å². The first-order chi connectivity index (χ1) is 13.9. The van der Waals surface area contributed by atoms with Crippen molar-refractivity contribution in [3.63, 3.8) is 0 Å². The molecule has 29 heavy (non-hydrogen) atoms. The first-order valence-corrected chi connectivity index (χ1v) is 10.3. The molecule has 0 radical (unpaired) electrons. The Morgan fingerprint density at radius 2 is 1.76 bits per heavy atom. The molecule has 0 atom stereocenters. The second kappa shape index (κ2) is 7.19. The van der Waals surface area contributed by atoms with Gasteiger partial charge in [0, 0.05) is 11.8 Å². The van der Waals surface area contributed by atoms with Crippen LogP contribution in [0.5, 0.6) is 5.75 Å². The summed E-state index contributed by atoms with van der Waals surface area (Å²) in [4.78, 5) is 15.2. The van der Waals surface area contributed by atoms with E-state index in [0.29, 0.717) is 28.7 Å². The van der Waals surface area contributed by atoms with Crippen molar-refractivity contribution in [3.05, 3.63) is 76.7 Å². The molecule has 0 bridgehead atoms. The van der Waals surface area contributed by atoms with Crippen molar-refractivity contribution >= 4 is 20.9 Å². The molecule has 148 valence electrons. The summed E-state index contributed by atoms with van der Waals surface area (Å²) in [6.07, 6.45) is 1.57. The molecule has 0 aliphatic carbocycles. The Morgan fingerprint density at radius 1 is 1.07 bits per heavy atom. The van der Waals surface area contributed by atoms with Crippen molar-refractivity contribution in [2.24, 2.45) is 5.14 Å². The number of nitrogens with zero attached hydrogens (tertiary/aromatic N) is 2. The van der Waals surface area contributed by atoms with Crippen molar-refractivity contribution in [2.75, 3.05) is 7.11 Å². The topological polar surface area (TPSA) is 120 Å². The number of benzene rings is 2. The van der Waals surface area contributed by atoms with Crippen LogP contribution in [-0.4, -0.2) is 30.3 Å². The molecule has 0 aliphatic heterocycles. The third-order valence-electron chi connectivity index (χ3n) is 4.62. The highest BCUT2D eigenvalue weighted by Crippen LogP contribution is 2.27. The number of aromatic nitrogens is 3. The minimum absolute atomic E-state index is 0.00266. The number of methoxy groups -OCH3 is 1. The average Bonchev–Trinajstić information content (AvgIpc) is 3.08. The van der Waals surface area contributed by atoms with Crippen molar-refractivity contribution in [2.45, 2.75) is 11.4 Å². The lowest BCUT2D eigenvalue weighted by Gasteiger charge is -2.05. The summed E-state index contributed by atoms with van der Waals surface area (Å²) >= 11 is 0. The number of nitrogens with one attached hydrogen (secondary N) is 1. The minimum atomic E-state index is -3.80. The number of fused-ring (bicyclic) bond motifs is 1. The van der Waals surface area contributed by atoms with E-state index in [0.717, 1.165) is 11.3 Å². The number of primary sulfonamides is 1. The zero-order valence-corrected chi connectivity index (χ0v) is 16.3. The van der Waals surface area contributed by atoms with E-state index in [1.54, 1.807) is 36.2 Å². The van der Waals surface area contributed by atoms with Crippen LogP contribution in [0.2, 0.25) is 0 Å².